The van der Waals surface area contributed by atoms with Gasteiger partial charge >= 0.3 is 5.69 Å². The Kier molecular flexibility index (Phi) is 2.62. The van der Waals surface area contributed by atoms with E-state index in [1.807, 2.05) is 0 Å². The lowest BCUT2D eigenvalue weighted by molar-refractivity contribution is -0.385. The van der Waals surface area contributed by atoms with Crippen LogP contribution in [0.5, 0.6) is 0 Å². The summed E-state index contributed by atoms with van der Waals surface area (Å²) < 4.78 is 1.49. The summed E-state index contributed by atoms with van der Waals surface area (Å²) in [5.74, 6) is 0. The lowest BCUT2D eigenvalue weighted by Crippen LogP contribution is -2.20. The lowest BCUT2D eigenvalue weighted by Gasteiger charge is -2.04. The second-order valence-corrected chi connectivity index (χ2v) is 3.04. The van der Waals surface area contributed by atoms with Gasteiger partial charge in [-0.15, -0.1) is 0 Å². The van der Waals surface area contributed by atoms with Crippen LogP contribution in [0.3, 0.4) is 0 Å². The smallest absolute Gasteiger partial charge is 0.310 e. The van der Waals surface area contributed by atoms with E-state index in [1.54, 1.807) is 14.0 Å². The van der Waals surface area contributed by atoms with Gasteiger partial charge in [-0.05, 0) is 6.92 Å². The molecule has 0 spiro atoms. The van der Waals surface area contributed by atoms with Crippen molar-refractivity contribution in [1.29, 1.82) is 0 Å². The van der Waals surface area contributed by atoms with Gasteiger partial charge in [-0.25, -0.2) is 0 Å². The van der Waals surface area contributed by atoms with Crippen LogP contribution in [0.2, 0.25) is 0 Å². The fraction of sp³-hybridized carbons (Fsp3) is 0.571. The molecule has 72 valence electrons. The average molecular weight is 184 g/mol. The molecule has 6 heteroatoms. The number of nitro groups is 1. The van der Waals surface area contributed by atoms with Crippen LogP contribution in [0.25, 0.3) is 0 Å². The highest BCUT2D eigenvalue weighted by molar-refractivity contribution is 5.33. The first-order valence-corrected chi connectivity index (χ1v) is 3.93. The second-order valence-electron chi connectivity index (χ2n) is 3.04. The molecule has 0 fully saturated rings. The molecule has 6 nitrogen and oxygen atoms in total. The van der Waals surface area contributed by atoms with E-state index in [0.717, 1.165) is 0 Å². The molecule has 0 aliphatic carbocycles. The van der Waals surface area contributed by atoms with Gasteiger partial charge in [-0.2, -0.15) is 5.10 Å². The van der Waals surface area contributed by atoms with Crippen molar-refractivity contribution in [1.82, 2.24) is 9.78 Å². The number of hydrogen-bond acceptors (Lipinski definition) is 4. The van der Waals surface area contributed by atoms with Crippen molar-refractivity contribution in [3.8, 4) is 0 Å². The molecule has 1 atom stereocenters. The average Bonchev–Trinajstić information content (AvgIpc) is 2.32. The highest BCUT2D eigenvalue weighted by Gasteiger charge is 2.19. The maximum Gasteiger partial charge on any atom is 0.310 e. The van der Waals surface area contributed by atoms with Crippen LogP contribution in [0, 0.1) is 10.1 Å². The predicted molar refractivity (Wildman–Crippen MR) is 47.2 cm³/mol. The zero-order valence-electron chi connectivity index (χ0n) is 7.60. The van der Waals surface area contributed by atoms with Crippen LogP contribution < -0.4 is 5.73 Å². The fourth-order valence-electron chi connectivity index (χ4n) is 1.15. The van der Waals surface area contributed by atoms with Crippen LogP contribution >= 0.6 is 0 Å². The Labute approximate surface area is 75.5 Å². The predicted octanol–water partition coefficient (Wildman–Crippen LogP) is 0.218. The SMILES string of the molecule is C[C@H](N)Cc1c([N+](=O)[O-])cnn1C. The summed E-state index contributed by atoms with van der Waals surface area (Å²) in [6.45, 7) is 1.80. The second kappa shape index (κ2) is 3.53. The molecule has 2 N–H and O–H groups in total. The molecule has 0 aliphatic rings. The summed E-state index contributed by atoms with van der Waals surface area (Å²) in [6, 6.07) is -0.103. The molecule has 1 aromatic heterocycles. The molecular weight excluding hydrogens is 172 g/mol. The summed E-state index contributed by atoms with van der Waals surface area (Å²) >= 11 is 0. The quantitative estimate of drug-likeness (QED) is 0.537. The summed E-state index contributed by atoms with van der Waals surface area (Å²) in [5.41, 5.74) is 6.17. The van der Waals surface area contributed by atoms with Gasteiger partial charge in [0.05, 0.1) is 4.92 Å². The topological polar surface area (TPSA) is 87.0 Å². The van der Waals surface area contributed by atoms with E-state index < -0.39 is 4.92 Å². The van der Waals surface area contributed by atoms with E-state index in [0.29, 0.717) is 12.1 Å². The number of hydrogen-bond donors (Lipinski definition) is 1. The van der Waals surface area contributed by atoms with E-state index in [4.69, 9.17) is 5.73 Å². The minimum Gasteiger partial charge on any atom is -0.328 e. The molecule has 1 heterocycles. The Morgan fingerprint density at radius 2 is 2.46 bits per heavy atom. The fourth-order valence-corrected chi connectivity index (χ4v) is 1.15. The first kappa shape index (κ1) is 9.66. The molecule has 0 amide bonds. The Balaban J connectivity index is 3.01. The molecule has 0 saturated heterocycles. The standard InChI is InChI=1S/C7H12N4O2/c1-5(8)3-6-7(11(12)13)4-9-10(6)2/h4-5H,3,8H2,1-2H3/t5-/m0/s1. The molecule has 0 radical (unpaired) electrons. The zero-order valence-corrected chi connectivity index (χ0v) is 7.60. The van der Waals surface area contributed by atoms with Crippen LogP contribution in [0.15, 0.2) is 6.20 Å². The highest BCUT2D eigenvalue weighted by atomic mass is 16.6. The summed E-state index contributed by atoms with van der Waals surface area (Å²) in [7, 11) is 1.67. The minimum absolute atomic E-state index is 0.0415. The lowest BCUT2D eigenvalue weighted by atomic mass is 10.2. The Morgan fingerprint density at radius 1 is 1.85 bits per heavy atom. The third-order valence-electron chi connectivity index (χ3n) is 1.75. The van der Waals surface area contributed by atoms with Crippen LogP contribution in [0.4, 0.5) is 5.69 Å². The molecule has 0 aromatic carbocycles. The number of aromatic nitrogens is 2. The third-order valence-corrected chi connectivity index (χ3v) is 1.75. The zero-order chi connectivity index (χ0) is 10.0. The number of aryl methyl sites for hydroxylation is 1. The van der Waals surface area contributed by atoms with Gasteiger partial charge in [0.15, 0.2) is 0 Å². The van der Waals surface area contributed by atoms with Gasteiger partial charge in [0.2, 0.25) is 0 Å². The van der Waals surface area contributed by atoms with Gasteiger partial charge in [0.25, 0.3) is 0 Å². The third kappa shape index (κ3) is 2.03. The van der Waals surface area contributed by atoms with Gasteiger partial charge in [-0.1, -0.05) is 0 Å². The van der Waals surface area contributed by atoms with Crippen molar-refractivity contribution < 1.29 is 4.92 Å². The molecule has 0 bridgehead atoms. The Hall–Kier alpha value is -1.43. The molecule has 13 heavy (non-hydrogen) atoms. The van der Waals surface area contributed by atoms with Gasteiger partial charge in [0, 0.05) is 19.5 Å². The first-order valence-electron chi connectivity index (χ1n) is 3.93. The maximum atomic E-state index is 10.5. The highest BCUT2D eigenvalue weighted by Crippen LogP contribution is 2.17. The van der Waals surface area contributed by atoms with Crippen molar-refractivity contribution in [3.05, 3.63) is 22.0 Å². The van der Waals surface area contributed by atoms with Crippen molar-refractivity contribution >= 4 is 5.69 Å². The molecular formula is C7H12N4O2. The first-order chi connectivity index (χ1) is 6.02. The van der Waals surface area contributed by atoms with Crippen molar-refractivity contribution in [2.45, 2.75) is 19.4 Å². The molecule has 1 aromatic rings. The van der Waals surface area contributed by atoms with E-state index in [-0.39, 0.29) is 11.7 Å². The van der Waals surface area contributed by atoms with E-state index in [1.165, 1.54) is 10.9 Å². The van der Waals surface area contributed by atoms with Crippen LogP contribution in [-0.4, -0.2) is 20.7 Å². The van der Waals surface area contributed by atoms with E-state index in [9.17, 15) is 10.1 Å². The number of rotatable bonds is 3. The van der Waals surface area contributed by atoms with E-state index >= 15 is 0 Å². The van der Waals surface area contributed by atoms with Gasteiger partial charge in [0.1, 0.15) is 11.9 Å². The summed E-state index contributed by atoms with van der Waals surface area (Å²) in [5, 5.41) is 14.3. The maximum absolute atomic E-state index is 10.5. The van der Waals surface area contributed by atoms with Crippen molar-refractivity contribution in [2.24, 2.45) is 12.8 Å². The van der Waals surface area contributed by atoms with Crippen molar-refractivity contribution in [2.75, 3.05) is 0 Å². The monoisotopic (exact) mass is 184 g/mol. The molecule has 1 rings (SSSR count). The Bertz CT molecular complexity index is 318. The summed E-state index contributed by atoms with van der Waals surface area (Å²) in [4.78, 5) is 10.1. The number of nitrogens with two attached hydrogens (primary N) is 1. The normalized spacial score (nSPS) is 12.8. The largest absolute Gasteiger partial charge is 0.328 e. The summed E-state index contributed by atoms with van der Waals surface area (Å²) in [6.07, 6.45) is 1.71. The number of nitrogens with zero attached hydrogens (tertiary/aromatic N) is 3. The van der Waals surface area contributed by atoms with Crippen LogP contribution in [-0.2, 0) is 13.5 Å². The molecule has 0 unspecified atom stereocenters. The van der Waals surface area contributed by atoms with Gasteiger partial charge < -0.3 is 5.73 Å². The van der Waals surface area contributed by atoms with Crippen molar-refractivity contribution in [3.63, 3.8) is 0 Å². The van der Waals surface area contributed by atoms with Crippen LogP contribution in [0.1, 0.15) is 12.6 Å². The van der Waals surface area contributed by atoms with Gasteiger partial charge in [-0.3, -0.25) is 14.8 Å². The van der Waals surface area contributed by atoms with E-state index in [2.05, 4.69) is 5.10 Å². The molecule has 0 saturated carbocycles. The minimum atomic E-state index is -0.440. The Morgan fingerprint density at radius 3 is 2.92 bits per heavy atom. The molecule has 0 aliphatic heterocycles.